The first-order valence-electron chi connectivity index (χ1n) is 9.08. The summed E-state index contributed by atoms with van der Waals surface area (Å²) in [5, 5.41) is 11.9. The van der Waals surface area contributed by atoms with Crippen molar-refractivity contribution in [2.45, 2.75) is 39.3 Å². The van der Waals surface area contributed by atoms with E-state index in [0.717, 1.165) is 23.9 Å². The molecule has 1 aromatic heterocycles. The molecule has 1 aromatic carbocycles. The Kier molecular flexibility index (Phi) is 5.36. The largest absolute Gasteiger partial charge is 0.464 e. The number of non-ortho nitro benzene ring substituents is 1. The van der Waals surface area contributed by atoms with Gasteiger partial charge in [0.15, 0.2) is 0 Å². The molecule has 3 rings (SSSR count). The predicted octanol–water partition coefficient (Wildman–Crippen LogP) is 3.78. The van der Waals surface area contributed by atoms with Crippen LogP contribution in [0.25, 0.3) is 11.0 Å². The van der Waals surface area contributed by atoms with Crippen LogP contribution in [-0.4, -0.2) is 52.6 Å². The Morgan fingerprint density at radius 1 is 1.26 bits per heavy atom. The van der Waals surface area contributed by atoms with Crippen LogP contribution in [0.2, 0.25) is 0 Å². The van der Waals surface area contributed by atoms with Crippen molar-refractivity contribution >= 4 is 22.7 Å². The van der Waals surface area contributed by atoms with Gasteiger partial charge in [-0.1, -0.05) is 0 Å². The van der Waals surface area contributed by atoms with Crippen LogP contribution < -0.4 is 0 Å². The van der Waals surface area contributed by atoms with E-state index >= 15 is 0 Å². The Bertz CT molecular complexity index is 839. The zero-order valence-electron chi connectivity index (χ0n) is 15.9. The molecule has 1 saturated heterocycles. The quantitative estimate of drug-likeness (QED) is 0.599. The molecule has 8 heteroatoms. The summed E-state index contributed by atoms with van der Waals surface area (Å²) in [5.41, 5.74) is 1.00. The number of nitrogens with zero attached hydrogens (tertiary/aromatic N) is 3. The maximum atomic E-state index is 12.3. The van der Waals surface area contributed by atoms with E-state index in [1.165, 1.54) is 6.07 Å². The SMILES string of the molecule is CC(C)(C)OC(=O)N1CCCN(Cc2cc([N+](=O)[O-])cc3ccoc23)CC1. The minimum absolute atomic E-state index is 0.0594. The maximum Gasteiger partial charge on any atom is 0.410 e. The van der Waals surface area contributed by atoms with Crippen molar-refractivity contribution in [3.8, 4) is 0 Å². The second-order valence-electron chi connectivity index (χ2n) is 7.80. The molecule has 146 valence electrons. The van der Waals surface area contributed by atoms with E-state index in [1.807, 2.05) is 20.8 Å². The lowest BCUT2D eigenvalue weighted by Crippen LogP contribution is -2.39. The van der Waals surface area contributed by atoms with Crippen molar-refractivity contribution in [3.05, 3.63) is 40.1 Å². The van der Waals surface area contributed by atoms with Crippen LogP contribution in [-0.2, 0) is 11.3 Å². The van der Waals surface area contributed by atoms with Gasteiger partial charge in [0.05, 0.1) is 11.2 Å². The highest BCUT2D eigenvalue weighted by molar-refractivity contribution is 5.83. The average molecular weight is 375 g/mol. The number of benzene rings is 1. The summed E-state index contributed by atoms with van der Waals surface area (Å²) in [6.45, 7) is 8.76. The summed E-state index contributed by atoms with van der Waals surface area (Å²) in [6, 6.07) is 4.83. The minimum Gasteiger partial charge on any atom is -0.464 e. The van der Waals surface area contributed by atoms with Gasteiger partial charge in [-0.3, -0.25) is 15.0 Å². The molecule has 1 amide bonds. The van der Waals surface area contributed by atoms with E-state index in [-0.39, 0.29) is 16.7 Å². The number of carbonyl (C=O) groups is 1. The molecule has 0 N–H and O–H groups in total. The van der Waals surface area contributed by atoms with Gasteiger partial charge in [-0.25, -0.2) is 4.79 Å². The van der Waals surface area contributed by atoms with Gasteiger partial charge >= 0.3 is 6.09 Å². The number of carbonyl (C=O) groups excluding carboxylic acids is 1. The summed E-state index contributed by atoms with van der Waals surface area (Å²) in [5.74, 6) is 0. The van der Waals surface area contributed by atoms with E-state index in [1.54, 1.807) is 23.3 Å². The van der Waals surface area contributed by atoms with Crippen molar-refractivity contribution in [1.82, 2.24) is 9.80 Å². The number of hydrogen-bond donors (Lipinski definition) is 0. The number of fused-ring (bicyclic) bond motifs is 1. The first-order valence-corrected chi connectivity index (χ1v) is 9.08. The summed E-state index contributed by atoms with van der Waals surface area (Å²) >= 11 is 0. The van der Waals surface area contributed by atoms with Crippen LogP contribution in [0.5, 0.6) is 0 Å². The lowest BCUT2D eigenvalue weighted by molar-refractivity contribution is -0.384. The summed E-state index contributed by atoms with van der Waals surface area (Å²) in [6.07, 6.45) is 2.06. The summed E-state index contributed by atoms with van der Waals surface area (Å²) < 4.78 is 11.0. The zero-order valence-corrected chi connectivity index (χ0v) is 15.9. The summed E-state index contributed by atoms with van der Waals surface area (Å²) in [7, 11) is 0. The monoisotopic (exact) mass is 375 g/mol. The molecule has 0 aliphatic carbocycles. The van der Waals surface area contributed by atoms with E-state index < -0.39 is 5.60 Å². The highest BCUT2D eigenvalue weighted by Crippen LogP contribution is 2.27. The van der Waals surface area contributed by atoms with Gasteiger partial charge in [-0.05, 0) is 33.3 Å². The molecule has 0 atom stereocenters. The van der Waals surface area contributed by atoms with Gasteiger partial charge in [-0.2, -0.15) is 0 Å². The van der Waals surface area contributed by atoms with Crippen LogP contribution in [0.3, 0.4) is 0 Å². The number of nitro benzene ring substituents is 1. The molecule has 0 unspecified atom stereocenters. The third kappa shape index (κ3) is 4.77. The van der Waals surface area contributed by atoms with E-state index in [9.17, 15) is 14.9 Å². The Balaban J connectivity index is 1.70. The average Bonchev–Trinajstić information content (AvgIpc) is 2.92. The minimum atomic E-state index is -0.517. The Labute approximate surface area is 157 Å². The van der Waals surface area contributed by atoms with Crippen LogP contribution in [0.4, 0.5) is 10.5 Å². The fourth-order valence-corrected chi connectivity index (χ4v) is 3.24. The van der Waals surface area contributed by atoms with Crippen LogP contribution >= 0.6 is 0 Å². The Morgan fingerprint density at radius 3 is 2.74 bits per heavy atom. The predicted molar refractivity (Wildman–Crippen MR) is 101 cm³/mol. The number of nitro groups is 1. The third-order valence-electron chi connectivity index (χ3n) is 4.46. The molecule has 27 heavy (non-hydrogen) atoms. The van der Waals surface area contributed by atoms with Gasteiger partial charge in [0.25, 0.3) is 5.69 Å². The number of rotatable bonds is 3. The van der Waals surface area contributed by atoms with Crippen LogP contribution in [0.1, 0.15) is 32.8 Å². The van der Waals surface area contributed by atoms with E-state index in [4.69, 9.17) is 9.15 Å². The van der Waals surface area contributed by atoms with Crippen molar-refractivity contribution in [2.75, 3.05) is 26.2 Å². The molecule has 1 aliphatic rings. The molecule has 0 spiro atoms. The molecule has 1 aliphatic heterocycles. The fraction of sp³-hybridized carbons (Fsp3) is 0.526. The molecular weight excluding hydrogens is 350 g/mol. The van der Waals surface area contributed by atoms with Crippen molar-refractivity contribution in [1.29, 1.82) is 0 Å². The number of hydrogen-bond acceptors (Lipinski definition) is 6. The molecule has 8 nitrogen and oxygen atoms in total. The van der Waals surface area contributed by atoms with Crippen molar-refractivity contribution in [2.24, 2.45) is 0 Å². The van der Waals surface area contributed by atoms with Crippen LogP contribution in [0, 0.1) is 10.1 Å². The van der Waals surface area contributed by atoms with Crippen molar-refractivity contribution in [3.63, 3.8) is 0 Å². The van der Waals surface area contributed by atoms with Gasteiger partial charge in [0, 0.05) is 55.8 Å². The second-order valence-corrected chi connectivity index (χ2v) is 7.80. The molecule has 0 saturated carbocycles. The smallest absolute Gasteiger partial charge is 0.410 e. The van der Waals surface area contributed by atoms with E-state index in [2.05, 4.69) is 4.90 Å². The Morgan fingerprint density at radius 2 is 2.04 bits per heavy atom. The lowest BCUT2D eigenvalue weighted by Gasteiger charge is -2.26. The first kappa shape index (κ1) is 19.2. The first-order chi connectivity index (χ1) is 12.7. The topological polar surface area (TPSA) is 89.1 Å². The number of furan rings is 1. The van der Waals surface area contributed by atoms with Gasteiger partial charge < -0.3 is 14.1 Å². The molecular formula is C19H25N3O5. The zero-order chi connectivity index (χ0) is 19.6. The second kappa shape index (κ2) is 7.56. The highest BCUT2D eigenvalue weighted by atomic mass is 16.6. The molecule has 0 radical (unpaired) electrons. The summed E-state index contributed by atoms with van der Waals surface area (Å²) in [4.78, 5) is 27.0. The van der Waals surface area contributed by atoms with Gasteiger partial charge in [0.2, 0.25) is 0 Å². The highest BCUT2D eigenvalue weighted by Gasteiger charge is 2.25. The molecule has 2 heterocycles. The fourth-order valence-electron chi connectivity index (χ4n) is 3.24. The Hall–Kier alpha value is -2.61. The maximum absolute atomic E-state index is 12.3. The van der Waals surface area contributed by atoms with Gasteiger partial charge in [0.1, 0.15) is 11.2 Å². The molecule has 1 fully saturated rings. The van der Waals surface area contributed by atoms with E-state index in [0.29, 0.717) is 31.8 Å². The normalized spacial score (nSPS) is 16.3. The van der Waals surface area contributed by atoms with Crippen LogP contribution in [0.15, 0.2) is 28.9 Å². The number of amides is 1. The lowest BCUT2D eigenvalue weighted by atomic mass is 10.1. The standard InChI is InChI=1S/C19H25N3O5/c1-19(2,3)27-18(23)21-7-4-6-20(8-9-21)13-15-12-16(22(24)25)11-14-5-10-26-17(14)15/h5,10-12H,4,6-9,13H2,1-3H3. The van der Waals surface area contributed by atoms with Gasteiger partial charge in [-0.15, -0.1) is 0 Å². The molecule has 2 aromatic rings. The molecule has 0 bridgehead atoms. The van der Waals surface area contributed by atoms with Crippen molar-refractivity contribution < 1.29 is 18.9 Å². The number of ether oxygens (including phenoxy) is 1. The third-order valence-corrected chi connectivity index (χ3v) is 4.46.